The van der Waals surface area contributed by atoms with Crippen LogP contribution < -0.4 is 0 Å². The van der Waals surface area contributed by atoms with Gasteiger partial charge < -0.3 is 0 Å². The molecule has 91 valence electrons. The largest absolute Gasteiger partial charge is 0.260 e. The van der Waals surface area contributed by atoms with Crippen molar-refractivity contribution < 1.29 is 20.1 Å². The van der Waals surface area contributed by atoms with Crippen LogP contribution in [0.1, 0.15) is 11.3 Å². The van der Waals surface area contributed by atoms with Gasteiger partial charge in [-0.15, -0.1) is 0 Å². The summed E-state index contributed by atoms with van der Waals surface area (Å²) in [6, 6.07) is 21.7. The summed E-state index contributed by atoms with van der Waals surface area (Å²) < 4.78 is 0. The zero-order valence-electron chi connectivity index (χ0n) is 9.76. The molecule has 0 aliphatic rings. The summed E-state index contributed by atoms with van der Waals surface area (Å²) in [6.45, 7) is 0. The second-order valence-electron chi connectivity index (χ2n) is 4.04. The summed E-state index contributed by atoms with van der Waals surface area (Å²) in [7, 11) is 0. The standard InChI is InChI=1S/C16H12N.Ir/c1-2-6-13(7-3-1)12-16-15-9-5-4-8-14(15)10-11-17-16;/h1-6,8-11H,12H2;/q-1;. The number of rotatable bonds is 2. The molecular formula is C16H12IrN-. The van der Waals surface area contributed by atoms with Crippen LogP contribution in [0, 0.1) is 6.07 Å². The van der Waals surface area contributed by atoms with Gasteiger partial charge in [-0.2, -0.15) is 35.9 Å². The fourth-order valence-electron chi connectivity index (χ4n) is 2.04. The predicted octanol–water partition coefficient (Wildman–Crippen LogP) is 3.62. The maximum Gasteiger partial charge on any atom is 0.0504 e. The average molecular weight is 410 g/mol. The first-order chi connectivity index (χ1) is 8.43. The molecule has 3 aromatic rings. The molecule has 1 heterocycles. The Hall–Kier alpha value is -1.50. The molecule has 0 aliphatic carbocycles. The molecule has 0 atom stereocenters. The number of benzene rings is 2. The van der Waals surface area contributed by atoms with Crippen LogP contribution >= 0.6 is 0 Å². The summed E-state index contributed by atoms with van der Waals surface area (Å²) in [6.07, 6.45) is 2.71. The molecule has 0 spiro atoms. The molecule has 0 aliphatic heterocycles. The predicted molar refractivity (Wildman–Crippen MR) is 69.8 cm³/mol. The van der Waals surface area contributed by atoms with Gasteiger partial charge in [0.15, 0.2) is 0 Å². The van der Waals surface area contributed by atoms with Crippen molar-refractivity contribution in [2.75, 3.05) is 0 Å². The van der Waals surface area contributed by atoms with Crippen LogP contribution in [0.2, 0.25) is 0 Å². The molecule has 0 unspecified atom stereocenters. The van der Waals surface area contributed by atoms with E-state index in [4.69, 9.17) is 0 Å². The molecule has 0 bridgehead atoms. The fraction of sp³-hybridized carbons (Fsp3) is 0.0625. The Bertz CT molecular complexity index is 629. The minimum atomic E-state index is 0. The number of nitrogens with zero attached hydrogens (tertiary/aromatic N) is 1. The monoisotopic (exact) mass is 411 g/mol. The molecule has 1 radical (unpaired) electrons. The molecule has 1 nitrogen and oxygen atoms in total. The van der Waals surface area contributed by atoms with Crippen molar-refractivity contribution in [3.8, 4) is 0 Å². The van der Waals surface area contributed by atoms with Gasteiger partial charge in [-0.05, 0) is 17.9 Å². The van der Waals surface area contributed by atoms with Crippen molar-refractivity contribution in [3.05, 3.63) is 78.1 Å². The molecular weight excluding hydrogens is 398 g/mol. The maximum absolute atomic E-state index is 4.48. The van der Waals surface area contributed by atoms with E-state index in [1.165, 1.54) is 16.3 Å². The van der Waals surface area contributed by atoms with Crippen molar-refractivity contribution in [2.45, 2.75) is 6.42 Å². The van der Waals surface area contributed by atoms with Crippen LogP contribution in [-0.4, -0.2) is 4.98 Å². The van der Waals surface area contributed by atoms with E-state index in [2.05, 4.69) is 41.4 Å². The number of pyridine rings is 1. The minimum absolute atomic E-state index is 0. The van der Waals surface area contributed by atoms with E-state index in [-0.39, 0.29) is 20.1 Å². The molecule has 0 saturated heterocycles. The molecule has 0 amide bonds. The third-order valence-electron chi connectivity index (χ3n) is 2.89. The topological polar surface area (TPSA) is 12.9 Å². The first-order valence-corrected chi connectivity index (χ1v) is 5.72. The van der Waals surface area contributed by atoms with Gasteiger partial charge >= 0.3 is 0 Å². The van der Waals surface area contributed by atoms with Crippen LogP contribution in [0.15, 0.2) is 60.8 Å². The second kappa shape index (κ2) is 5.90. The van der Waals surface area contributed by atoms with Gasteiger partial charge in [-0.25, -0.2) is 0 Å². The van der Waals surface area contributed by atoms with E-state index in [0.717, 1.165) is 12.1 Å². The van der Waals surface area contributed by atoms with Crippen LogP contribution in [0.3, 0.4) is 0 Å². The second-order valence-corrected chi connectivity index (χ2v) is 4.04. The first-order valence-electron chi connectivity index (χ1n) is 5.72. The van der Waals surface area contributed by atoms with Gasteiger partial charge in [0.1, 0.15) is 0 Å². The van der Waals surface area contributed by atoms with Gasteiger partial charge in [0.2, 0.25) is 0 Å². The Balaban J connectivity index is 0.00000120. The zero-order valence-corrected chi connectivity index (χ0v) is 12.2. The Morgan fingerprint density at radius 2 is 1.78 bits per heavy atom. The number of fused-ring (bicyclic) bond motifs is 1. The normalized spacial score (nSPS) is 10.0. The van der Waals surface area contributed by atoms with Crippen LogP contribution in [0.4, 0.5) is 0 Å². The van der Waals surface area contributed by atoms with Crippen molar-refractivity contribution in [2.24, 2.45) is 0 Å². The minimum Gasteiger partial charge on any atom is -0.260 e. The van der Waals surface area contributed by atoms with E-state index >= 15 is 0 Å². The third kappa shape index (κ3) is 2.66. The number of hydrogen-bond donors (Lipinski definition) is 0. The maximum atomic E-state index is 4.48. The van der Waals surface area contributed by atoms with Gasteiger partial charge in [0.05, 0.1) is 5.69 Å². The van der Waals surface area contributed by atoms with Crippen molar-refractivity contribution in [1.82, 2.24) is 4.98 Å². The Morgan fingerprint density at radius 3 is 2.61 bits per heavy atom. The van der Waals surface area contributed by atoms with Gasteiger partial charge in [-0.3, -0.25) is 4.98 Å². The van der Waals surface area contributed by atoms with Crippen LogP contribution in [-0.2, 0) is 26.5 Å². The molecule has 1 aromatic heterocycles. The summed E-state index contributed by atoms with van der Waals surface area (Å²) in [4.78, 5) is 4.48. The first kappa shape index (κ1) is 12.9. The van der Waals surface area contributed by atoms with Gasteiger partial charge in [-0.1, -0.05) is 24.3 Å². The summed E-state index contributed by atoms with van der Waals surface area (Å²) >= 11 is 0. The van der Waals surface area contributed by atoms with Crippen molar-refractivity contribution >= 4 is 10.8 Å². The summed E-state index contributed by atoms with van der Waals surface area (Å²) in [5.74, 6) is 0. The quantitative estimate of drug-likeness (QED) is 0.588. The van der Waals surface area contributed by atoms with E-state index in [1.807, 2.05) is 30.5 Å². The van der Waals surface area contributed by atoms with E-state index in [0.29, 0.717) is 0 Å². The summed E-state index contributed by atoms with van der Waals surface area (Å²) in [5, 5.41) is 2.47. The Kier molecular flexibility index (Phi) is 4.24. The molecule has 18 heavy (non-hydrogen) atoms. The van der Waals surface area contributed by atoms with Crippen molar-refractivity contribution in [1.29, 1.82) is 0 Å². The van der Waals surface area contributed by atoms with Crippen LogP contribution in [0.25, 0.3) is 10.8 Å². The number of hydrogen-bond acceptors (Lipinski definition) is 1. The van der Waals surface area contributed by atoms with E-state index < -0.39 is 0 Å². The molecule has 2 aromatic carbocycles. The smallest absolute Gasteiger partial charge is 0.0504 e. The van der Waals surface area contributed by atoms with Gasteiger partial charge in [0, 0.05) is 31.7 Å². The molecule has 2 heteroatoms. The SMILES string of the molecule is [Ir].[c-]1ccccc1Cc1nccc2ccccc12. The molecule has 3 rings (SSSR count). The van der Waals surface area contributed by atoms with Crippen LogP contribution in [0.5, 0.6) is 0 Å². The number of aromatic nitrogens is 1. The summed E-state index contributed by atoms with van der Waals surface area (Å²) in [5.41, 5.74) is 2.29. The third-order valence-corrected chi connectivity index (χ3v) is 2.89. The zero-order chi connectivity index (χ0) is 11.5. The fourth-order valence-corrected chi connectivity index (χ4v) is 2.04. The van der Waals surface area contributed by atoms with E-state index in [1.54, 1.807) is 0 Å². The van der Waals surface area contributed by atoms with E-state index in [9.17, 15) is 0 Å². The molecule has 0 fully saturated rings. The molecule has 0 N–H and O–H groups in total. The Morgan fingerprint density at radius 1 is 0.944 bits per heavy atom. The Labute approximate surface area is 120 Å². The van der Waals surface area contributed by atoms with Crippen molar-refractivity contribution in [3.63, 3.8) is 0 Å². The van der Waals surface area contributed by atoms with Gasteiger partial charge in [0.25, 0.3) is 0 Å². The average Bonchev–Trinajstić information content (AvgIpc) is 2.40. The molecule has 0 saturated carbocycles.